The van der Waals surface area contributed by atoms with Crippen LogP contribution in [0.5, 0.6) is 0 Å². The summed E-state index contributed by atoms with van der Waals surface area (Å²) in [6, 6.07) is 15.2. The molecule has 1 unspecified atom stereocenters. The van der Waals surface area contributed by atoms with Crippen molar-refractivity contribution in [1.29, 1.82) is 0 Å². The number of halogens is 1. The molecule has 0 radical (unpaired) electrons. The van der Waals surface area contributed by atoms with Gasteiger partial charge in [-0.2, -0.15) is 4.31 Å². The summed E-state index contributed by atoms with van der Waals surface area (Å²) in [5.74, 6) is -0.585. The van der Waals surface area contributed by atoms with Crippen molar-refractivity contribution >= 4 is 15.9 Å². The molecule has 1 aromatic heterocycles. The number of nitrogens with zero attached hydrogens (tertiary/aromatic N) is 1. The number of nitrogens with one attached hydrogen (secondary N) is 1. The van der Waals surface area contributed by atoms with Crippen LogP contribution in [0.1, 0.15) is 29.9 Å². The van der Waals surface area contributed by atoms with Crippen LogP contribution in [0.4, 0.5) is 4.39 Å². The molecule has 6 nitrogen and oxygen atoms in total. The number of aryl methyl sites for hydroxylation is 1. The van der Waals surface area contributed by atoms with Gasteiger partial charge < -0.3 is 9.73 Å². The first-order chi connectivity index (χ1) is 14.3. The number of carbonyl (C=O) groups is 1. The number of carbonyl (C=O) groups excluding carboxylic acids is 1. The van der Waals surface area contributed by atoms with Crippen molar-refractivity contribution in [3.8, 4) is 0 Å². The van der Waals surface area contributed by atoms with Crippen LogP contribution < -0.4 is 5.32 Å². The Morgan fingerprint density at radius 1 is 1.10 bits per heavy atom. The summed E-state index contributed by atoms with van der Waals surface area (Å²) in [5.41, 5.74) is 1.24. The minimum absolute atomic E-state index is 0.0783. The van der Waals surface area contributed by atoms with E-state index < -0.39 is 34.3 Å². The Labute approximate surface area is 175 Å². The Kier molecular flexibility index (Phi) is 6.69. The average molecular weight is 431 g/mol. The lowest BCUT2D eigenvalue weighted by Gasteiger charge is -2.22. The molecule has 1 heterocycles. The highest BCUT2D eigenvalue weighted by Crippen LogP contribution is 2.20. The maximum atomic E-state index is 14.0. The Balaban J connectivity index is 1.81. The fourth-order valence-corrected chi connectivity index (χ4v) is 4.38. The first-order valence-electron chi connectivity index (χ1n) is 9.40. The van der Waals surface area contributed by atoms with Crippen molar-refractivity contribution in [1.82, 2.24) is 9.62 Å². The maximum Gasteiger partial charge on any atom is 0.243 e. The summed E-state index contributed by atoms with van der Waals surface area (Å²) >= 11 is 0. The predicted octanol–water partition coefficient (Wildman–Crippen LogP) is 3.80. The summed E-state index contributed by atoms with van der Waals surface area (Å²) in [7, 11) is -3.96. The van der Waals surface area contributed by atoms with Crippen LogP contribution in [-0.2, 0) is 21.4 Å². The second kappa shape index (κ2) is 9.23. The second-order valence-electron chi connectivity index (χ2n) is 6.98. The molecule has 3 aromatic rings. The zero-order chi connectivity index (χ0) is 21.7. The van der Waals surface area contributed by atoms with Crippen molar-refractivity contribution < 1.29 is 22.0 Å². The van der Waals surface area contributed by atoms with E-state index in [0.717, 1.165) is 9.87 Å². The minimum Gasteiger partial charge on any atom is -0.468 e. The van der Waals surface area contributed by atoms with E-state index in [-0.39, 0.29) is 11.4 Å². The van der Waals surface area contributed by atoms with E-state index in [1.54, 1.807) is 49.4 Å². The van der Waals surface area contributed by atoms with Crippen LogP contribution in [0.2, 0.25) is 0 Å². The van der Waals surface area contributed by atoms with Gasteiger partial charge in [0.15, 0.2) is 0 Å². The molecule has 30 heavy (non-hydrogen) atoms. The summed E-state index contributed by atoms with van der Waals surface area (Å²) in [6.45, 7) is 2.95. The Hall–Kier alpha value is -2.97. The van der Waals surface area contributed by atoms with Gasteiger partial charge in [0, 0.05) is 5.56 Å². The third-order valence-corrected chi connectivity index (χ3v) is 6.45. The number of sulfonamides is 1. The van der Waals surface area contributed by atoms with E-state index in [9.17, 15) is 17.6 Å². The lowest BCUT2D eigenvalue weighted by atomic mass is 10.1. The smallest absolute Gasteiger partial charge is 0.243 e. The first-order valence-corrected chi connectivity index (χ1v) is 10.8. The van der Waals surface area contributed by atoms with E-state index >= 15 is 0 Å². The highest BCUT2D eigenvalue weighted by atomic mass is 32.2. The van der Waals surface area contributed by atoms with E-state index in [1.807, 2.05) is 6.92 Å². The van der Waals surface area contributed by atoms with Crippen molar-refractivity contribution in [3.05, 3.63) is 89.6 Å². The zero-order valence-corrected chi connectivity index (χ0v) is 17.5. The third-order valence-electron chi connectivity index (χ3n) is 4.64. The van der Waals surface area contributed by atoms with Crippen LogP contribution in [0.15, 0.2) is 76.2 Å². The van der Waals surface area contributed by atoms with Crippen molar-refractivity contribution in [2.75, 3.05) is 6.54 Å². The van der Waals surface area contributed by atoms with Gasteiger partial charge in [-0.1, -0.05) is 35.9 Å². The van der Waals surface area contributed by atoms with E-state index in [4.69, 9.17) is 4.42 Å². The molecule has 0 aliphatic carbocycles. The van der Waals surface area contributed by atoms with Gasteiger partial charge in [-0.15, -0.1) is 0 Å². The molecule has 3 rings (SSSR count). The van der Waals surface area contributed by atoms with Gasteiger partial charge in [-0.3, -0.25) is 4.79 Å². The molecular formula is C22H23FN2O4S. The molecule has 0 aliphatic rings. The van der Waals surface area contributed by atoms with Crippen LogP contribution in [-0.4, -0.2) is 25.2 Å². The van der Waals surface area contributed by atoms with Gasteiger partial charge in [-0.05, 0) is 44.2 Å². The number of hydrogen-bond donors (Lipinski definition) is 1. The lowest BCUT2D eigenvalue weighted by Crippen LogP contribution is -2.41. The van der Waals surface area contributed by atoms with Crippen LogP contribution >= 0.6 is 0 Å². The topological polar surface area (TPSA) is 79.6 Å². The van der Waals surface area contributed by atoms with Gasteiger partial charge in [0.25, 0.3) is 0 Å². The monoisotopic (exact) mass is 430 g/mol. The second-order valence-corrected chi connectivity index (χ2v) is 8.91. The minimum atomic E-state index is -3.96. The van der Waals surface area contributed by atoms with Gasteiger partial charge in [0.2, 0.25) is 15.9 Å². The Morgan fingerprint density at radius 3 is 2.43 bits per heavy atom. The molecule has 2 aromatic carbocycles. The van der Waals surface area contributed by atoms with Crippen molar-refractivity contribution in [2.45, 2.75) is 31.3 Å². The molecule has 0 spiro atoms. The molecular weight excluding hydrogens is 407 g/mol. The molecule has 0 fully saturated rings. The molecule has 0 aliphatic heterocycles. The summed E-state index contributed by atoms with van der Waals surface area (Å²) in [5, 5.41) is 2.66. The van der Waals surface area contributed by atoms with Gasteiger partial charge >= 0.3 is 0 Å². The van der Waals surface area contributed by atoms with E-state index in [1.165, 1.54) is 24.5 Å². The Morgan fingerprint density at radius 2 is 1.80 bits per heavy atom. The maximum absolute atomic E-state index is 14.0. The largest absolute Gasteiger partial charge is 0.468 e. The van der Waals surface area contributed by atoms with E-state index in [0.29, 0.717) is 11.3 Å². The molecule has 0 saturated carbocycles. The SMILES string of the molecule is Cc1ccc(S(=O)(=O)N(CC(=O)NC(C)c2ccccc2F)Cc2ccco2)cc1. The van der Waals surface area contributed by atoms with Crippen molar-refractivity contribution in [3.63, 3.8) is 0 Å². The van der Waals surface area contributed by atoms with Crippen LogP contribution in [0, 0.1) is 12.7 Å². The first kappa shape index (κ1) is 21.7. The van der Waals surface area contributed by atoms with Gasteiger partial charge in [0.05, 0.1) is 30.3 Å². The molecule has 0 bridgehead atoms. The lowest BCUT2D eigenvalue weighted by molar-refractivity contribution is -0.122. The van der Waals surface area contributed by atoms with E-state index in [2.05, 4.69) is 5.32 Å². The predicted molar refractivity (Wildman–Crippen MR) is 110 cm³/mol. The third kappa shape index (κ3) is 5.14. The normalized spacial score (nSPS) is 12.7. The summed E-state index contributed by atoms with van der Waals surface area (Å²) in [6.07, 6.45) is 1.44. The molecule has 1 N–H and O–H groups in total. The zero-order valence-electron chi connectivity index (χ0n) is 16.7. The summed E-state index contributed by atoms with van der Waals surface area (Å²) in [4.78, 5) is 12.7. The summed E-state index contributed by atoms with van der Waals surface area (Å²) < 4.78 is 46.6. The van der Waals surface area contributed by atoms with Gasteiger partial charge in [-0.25, -0.2) is 12.8 Å². The fraction of sp³-hybridized carbons (Fsp3) is 0.227. The van der Waals surface area contributed by atoms with Crippen LogP contribution in [0.25, 0.3) is 0 Å². The van der Waals surface area contributed by atoms with Crippen molar-refractivity contribution in [2.24, 2.45) is 0 Å². The number of amides is 1. The standard InChI is InChI=1S/C22H23FN2O4S/c1-16-9-11-19(12-10-16)30(27,28)25(14-18-6-5-13-29-18)15-22(26)24-17(2)20-7-3-4-8-21(20)23/h3-13,17H,14-15H2,1-2H3,(H,24,26). The highest BCUT2D eigenvalue weighted by Gasteiger charge is 2.28. The molecule has 1 atom stereocenters. The molecule has 8 heteroatoms. The number of rotatable bonds is 8. The molecule has 0 saturated heterocycles. The van der Waals surface area contributed by atoms with Gasteiger partial charge in [0.1, 0.15) is 11.6 Å². The highest BCUT2D eigenvalue weighted by molar-refractivity contribution is 7.89. The number of furan rings is 1. The Bertz CT molecular complexity index is 1100. The van der Waals surface area contributed by atoms with Crippen LogP contribution in [0.3, 0.4) is 0 Å². The number of hydrogen-bond acceptors (Lipinski definition) is 4. The molecule has 1 amide bonds. The quantitative estimate of drug-likeness (QED) is 0.590. The average Bonchev–Trinajstić information content (AvgIpc) is 3.21. The number of benzene rings is 2. The molecule has 158 valence electrons. The fourth-order valence-electron chi connectivity index (χ4n) is 3.01.